The van der Waals surface area contributed by atoms with Gasteiger partial charge in [-0.2, -0.15) is 4.39 Å². The van der Waals surface area contributed by atoms with Gasteiger partial charge in [0.2, 0.25) is 5.82 Å². The fraction of sp³-hybridized carbons (Fsp3) is 0.0714. The van der Waals surface area contributed by atoms with Gasteiger partial charge in [-0.25, -0.2) is 8.78 Å². The fourth-order valence-electron chi connectivity index (χ4n) is 1.82. The zero-order valence-corrected chi connectivity index (χ0v) is 10.5. The van der Waals surface area contributed by atoms with E-state index in [1.807, 2.05) is 0 Å². The van der Waals surface area contributed by atoms with Crippen LogP contribution in [0.1, 0.15) is 15.9 Å². The van der Waals surface area contributed by atoms with Crippen molar-refractivity contribution < 1.29 is 22.9 Å². The number of carbonyl (C=O) groups excluding carboxylic acids is 1. The highest BCUT2D eigenvalue weighted by molar-refractivity contribution is 5.98. The number of hydrogen-bond acceptors (Lipinski definition) is 3. The van der Waals surface area contributed by atoms with Crippen molar-refractivity contribution in [2.75, 3.05) is 0 Å². The van der Waals surface area contributed by atoms with Gasteiger partial charge in [0.15, 0.2) is 5.78 Å². The molecular formula is C14H8F3NO3. The molecule has 0 atom stereocenters. The number of carbonyl (C=O) groups is 1. The molecule has 0 aliphatic carbocycles. The van der Waals surface area contributed by atoms with E-state index in [1.165, 1.54) is 18.2 Å². The van der Waals surface area contributed by atoms with Crippen LogP contribution >= 0.6 is 0 Å². The number of nitro benzene ring substituents is 1. The number of ketones is 1. The standard InChI is InChI=1S/C14H8F3NO3/c15-9-6-10(14(17)12(7-9)18(20)21)13(19)5-8-3-1-2-4-11(8)16/h1-4,6-7H,5H2. The molecule has 0 radical (unpaired) electrons. The van der Waals surface area contributed by atoms with Crippen LogP contribution in [-0.4, -0.2) is 10.7 Å². The molecule has 0 heterocycles. The van der Waals surface area contributed by atoms with Gasteiger partial charge in [0.1, 0.15) is 11.6 Å². The third kappa shape index (κ3) is 3.07. The van der Waals surface area contributed by atoms with Crippen molar-refractivity contribution in [3.63, 3.8) is 0 Å². The van der Waals surface area contributed by atoms with Crippen LogP contribution in [0.4, 0.5) is 18.9 Å². The van der Waals surface area contributed by atoms with Crippen molar-refractivity contribution >= 4 is 11.5 Å². The van der Waals surface area contributed by atoms with Crippen molar-refractivity contribution in [2.45, 2.75) is 6.42 Å². The molecule has 0 aromatic heterocycles. The number of benzene rings is 2. The van der Waals surface area contributed by atoms with E-state index in [-0.39, 0.29) is 5.56 Å². The molecule has 0 unspecified atom stereocenters. The monoisotopic (exact) mass is 295 g/mol. The molecule has 2 aromatic rings. The summed E-state index contributed by atoms with van der Waals surface area (Å²) in [6.45, 7) is 0. The average Bonchev–Trinajstić information content (AvgIpc) is 2.43. The molecule has 0 spiro atoms. The minimum Gasteiger partial charge on any atom is -0.294 e. The first-order valence-electron chi connectivity index (χ1n) is 5.80. The SMILES string of the molecule is O=C(Cc1ccccc1F)c1cc(F)cc([N+](=O)[O-])c1F. The van der Waals surface area contributed by atoms with Crippen LogP contribution in [0.15, 0.2) is 36.4 Å². The van der Waals surface area contributed by atoms with E-state index >= 15 is 0 Å². The van der Waals surface area contributed by atoms with Crippen molar-refractivity contribution in [1.29, 1.82) is 0 Å². The molecule has 0 saturated heterocycles. The molecule has 0 saturated carbocycles. The summed E-state index contributed by atoms with van der Waals surface area (Å²) in [5, 5.41) is 10.6. The Kier molecular flexibility index (Phi) is 4.02. The van der Waals surface area contributed by atoms with E-state index in [1.54, 1.807) is 0 Å². The molecule has 0 bridgehead atoms. The molecule has 4 nitrogen and oxygen atoms in total. The van der Waals surface area contributed by atoms with E-state index in [0.717, 1.165) is 6.07 Å². The van der Waals surface area contributed by atoms with Crippen LogP contribution in [0.25, 0.3) is 0 Å². The third-order valence-corrected chi connectivity index (χ3v) is 2.82. The van der Waals surface area contributed by atoms with E-state index in [9.17, 15) is 28.1 Å². The van der Waals surface area contributed by atoms with Crippen LogP contribution in [0.5, 0.6) is 0 Å². The summed E-state index contributed by atoms with van der Waals surface area (Å²) in [5.41, 5.74) is -1.91. The van der Waals surface area contributed by atoms with Gasteiger partial charge in [-0.05, 0) is 17.7 Å². The van der Waals surface area contributed by atoms with Crippen LogP contribution < -0.4 is 0 Å². The van der Waals surface area contributed by atoms with Crippen molar-refractivity contribution in [3.05, 3.63) is 75.1 Å². The lowest BCUT2D eigenvalue weighted by molar-refractivity contribution is -0.387. The summed E-state index contributed by atoms with van der Waals surface area (Å²) in [6, 6.07) is 6.28. The Morgan fingerprint density at radius 2 is 1.81 bits per heavy atom. The first-order valence-corrected chi connectivity index (χ1v) is 5.80. The van der Waals surface area contributed by atoms with Gasteiger partial charge in [-0.1, -0.05) is 18.2 Å². The molecular weight excluding hydrogens is 287 g/mol. The second-order valence-corrected chi connectivity index (χ2v) is 4.23. The number of nitro groups is 1. The summed E-state index contributed by atoms with van der Waals surface area (Å²) in [6.07, 6.45) is -0.524. The number of hydrogen-bond donors (Lipinski definition) is 0. The highest BCUT2D eigenvalue weighted by Gasteiger charge is 2.24. The Balaban J connectivity index is 2.40. The zero-order chi connectivity index (χ0) is 15.6. The van der Waals surface area contributed by atoms with E-state index in [4.69, 9.17) is 0 Å². The number of nitrogens with zero attached hydrogens (tertiary/aromatic N) is 1. The van der Waals surface area contributed by atoms with Gasteiger partial charge in [-0.15, -0.1) is 0 Å². The van der Waals surface area contributed by atoms with Crippen LogP contribution in [0.2, 0.25) is 0 Å². The Hall–Kier alpha value is -2.70. The van der Waals surface area contributed by atoms with E-state index in [2.05, 4.69) is 0 Å². The van der Waals surface area contributed by atoms with Gasteiger partial charge in [0, 0.05) is 6.42 Å². The average molecular weight is 295 g/mol. The summed E-state index contributed by atoms with van der Waals surface area (Å²) >= 11 is 0. The summed E-state index contributed by atoms with van der Waals surface area (Å²) in [5.74, 6) is -4.15. The number of halogens is 3. The van der Waals surface area contributed by atoms with Gasteiger partial charge in [-0.3, -0.25) is 14.9 Å². The molecule has 0 N–H and O–H groups in total. The van der Waals surface area contributed by atoms with Crippen LogP contribution in [0.3, 0.4) is 0 Å². The minimum absolute atomic E-state index is 0.00573. The summed E-state index contributed by atoms with van der Waals surface area (Å²) in [4.78, 5) is 21.4. The molecule has 0 aliphatic rings. The van der Waals surface area contributed by atoms with E-state index < -0.39 is 45.8 Å². The maximum atomic E-state index is 13.8. The van der Waals surface area contributed by atoms with Crippen molar-refractivity contribution in [1.82, 2.24) is 0 Å². The van der Waals surface area contributed by atoms with Crippen LogP contribution in [0, 0.1) is 27.6 Å². The Labute approximate surface area is 117 Å². The fourth-order valence-corrected chi connectivity index (χ4v) is 1.82. The number of Topliss-reactive ketones (excluding diaryl/α,β-unsaturated/α-hetero) is 1. The Morgan fingerprint density at radius 3 is 2.43 bits per heavy atom. The maximum absolute atomic E-state index is 13.8. The predicted octanol–water partition coefficient (Wildman–Crippen LogP) is 3.44. The quantitative estimate of drug-likeness (QED) is 0.493. The smallest absolute Gasteiger partial charge is 0.294 e. The maximum Gasteiger partial charge on any atom is 0.308 e. The van der Waals surface area contributed by atoms with Gasteiger partial charge < -0.3 is 0 Å². The molecule has 7 heteroatoms. The second kappa shape index (κ2) is 5.74. The largest absolute Gasteiger partial charge is 0.308 e. The topological polar surface area (TPSA) is 60.2 Å². The number of rotatable bonds is 4. The van der Waals surface area contributed by atoms with Crippen LogP contribution in [-0.2, 0) is 6.42 Å². The second-order valence-electron chi connectivity index (χ2n) is 4.23. The molecule has 0 amide bonds. The lowest BCUT2D eigenvalue weighted by atomic mass is 10.0. The first-order chi connectivity index (χ1) is 9.90. The molecule has 21 heavy (non-hydrogen) atoms. The highest BCUT2D eigenvalue weighted by Crippen LogP contribution is 2.24. The van der Waals surface area contributed by atoms with Gasteiger partial charge in [0.05, 0.1) is 16.6 Å². The predicted molar refractivity (Wildman–Crippen MR) is 67.4 cm³/mol. The van der Waals surface area contributed by atoms with Gasteiger partial charge >= 0.3 is 5.69 Å². The van der Waals surface area contributed by atoms with Gasteiger partial charge in [0.25, 0.3) is 0 Å². The molecule has 108 valence electrons. The van der Waals surface area contributed by atoms with E-state index in [0.29, 0.717) is 12.1 Å². The van der Waals surface area contributed by atoms with Crippen molar-refractivity contribution in [3.8, 4) is 0 Å². The molecule has 2 aromatic carbocycles. The highest BCUT2D eigenvalue weighted by atomic mass is 19.1. The molecule has 0 aliphatic heterocycles. The lowest BCUT2D eigenvalue weighted by Crippen LogP contribution is -2.10. The zero-order valence-electron chi connectivity index (χ0n) is 10.5. The molecule has 2 rings (SSSR count). The Morgan fingerprint density at radius 1 is 1.14 bits per heavy atom. The van der Waals surface area contributed by atoms with Crippen molar-refractivity contribution in [2.24, 2.45) is 0 Å². The Bertz CT molecular complexity index is 731. The molecule has 0 fully saturated rings. The first kappa shape index (κ1) is 14.7. The summed E-state index contributed by atoms with van der Waals surface area (Å²) in [7, 11) is 0. The summed E-state index contributed by atoms with van der Waals surface area (Å²) < 4.78 is 40.5. The third-order valence-electron chi connectivity index (χ3n) is 2.82. The lowest BCUT2D eigenvalue weighted by Gasteiger charge is -2.05. The minimum atomic E-state index is -1.43. The normalized spacial score (nSPS) is 10.4.